The van der Waals surface area contributed by atoms with Gasteiger partial charge in [0.1, 0.15) is 0 Å². The van der Waals surface area contributed by atoms with Gasteiger partial charge in [0.15, 0.2) is 0 Å². The first kappa shape index (κ1) is 31.0. The van der Waals surface area contributed by atoms with E-state index in [9.17, 15) is 14.4 Å². The average molecular weight is 622 g/mol. The summed E-state index contributed by atoms with van der Waals surface area (Å²) in [6.45, 7) is 2.27. The van der Waals surface area contributed by atoms with Crippen molar-refractivity contribution < 1.29 is 14.4 Å². The van der Waals surface area contributed by atoms with Crippen LogP contribution in [-0.2, 0) is 27.1 Å². The molecule has 0 radical (unpaired) electrons. The average Bonchev–Trinajstić information content (AvgIpc) is 3.03. The maximum Gasteiger partial charge on any atom is 0.254 e. The number of carbonyl (C=O) groups excluding carboxylic acids is 3. The second-order valence-corrected chi connectivity index (χ2v) is 12.4. The van der Waals surface area contributed by atoms with Crippen LogP contribution in [0, 0.1) is 0 Å². The summed E-state index contributed by atoms with van der Waals surface area (Å²) in [6.07, 6.45) is 3.23. The standard InChI is InChI=1S/C34H38Cl2N4O3/c1-37-30(41)14-15-34(26-12-13-28(35)29(36)23-26,39(2)32(43)24-8-4-3-5-9-24)18-21-40-19-16-33(17-20-40)27-11-7-6-10-25(27)22-31(42)38-33/h3-13,23H,14-22H2,1-2H3,(H,37,41)(H,38,42)/t34-/m0/s1. The van der Waals surface area contributed by atoms with Crippen LogP contribution in [-0.4, -0.2) is 61.3 Å². The van der Waals surface area contributed by atoms with Gasteiger partial charge in [-0.3, -0.25) is 14.4 Å². The fraction of sp³-hybridized carbons (Fsp3) is 0.382. The van der Waals surface area contributed by atoms with Crippen LogP contribution < -0.4 is 10.6 Å². The summed E-state index contributed by atoms with van der Waals surface area (Å²) in [6, 6.07) is 22.9. The Labute approximate surface area is 263 Å². The fourth-order valence-corrected chi connectivity index (χ4v) is 7.03. The largest absolute Gasteiger partial charge is 0.359 e. The third-order valence-electron chi connectivity index (χ3n) is 9.28. The second-order valence-electron chi connectivity index (χ2n) is 11.6. The predicted molar refractivity (Wildman–Crippen MR) is 170 cm³/mol. The van der Waals surface area contributed by atoms with E-state index in [1.54, 1.807) is 37.2 Å². The fourth-order valence-electron chi connectivity index (χ4n) is 6.73. The van der Waals surface area contributed by atoms with Crippen molar-refractivity contribution in [3.63, 3.8) is 0 Å². The highest BCUT2D eigenvalue weighted by molar-refractivity contribution is 6.42. The molecule has 2 aliphatic heterocycles. The summed E-state index contributed by atoms with van der Waals surface area (Å²) in [7, 11) is 3.43. The van der Waals surface area contributed by atoms with Crippen LogP contribution in [0.1, 0.15) is 59.2 Å². The zero-order valence-corrected chi connectivity index (χ0v) is 26.2. The predicted octanol–water partition coefficient (Wildman–Crippen LogP) is 5.54. The number of amides is 3. The number of hydrogen-bond acceptors (Lipinski definition) is 4. The van der Waals surface area contributed by atoms with Crippen molar-refractivity contribution in [1.82, 2.24) is 20.4 Å². The molecule has 2 N–H and O–H groups in total. The van der Waals surface area contributed by atoms with Gasteiger partial charge in [-0.2, -0.15) is 0 Å². The number of likely N-dealkylation sites (tertiary alicyclic amines) is 1. The lowest BCUT2D eigenvalue weighted by atomic mass is 9.75. The molecule has 226 valence electrons. The lowest BCUT2D eigenvalue weighted by molar-refractivity contribution is -0.124. The molecule has 3 aromatic rings. The molecule has 0 saturated carbocycles. The molecule has 0 unspecified atom stereocenters. The van der Waals surface area contributed by atoms with Crippen molar-refractivity contribution in [3.8, 4) is 0 Å². The molecule has 2 heterocycles. The van der Waals surface area contributed by atoms with Gasteiger partial charge >= 0.3 is 0 Å². The molecule has 9 heteroatoms. The van der Waals surface area contributed by atoms with Crippen LogP contribution in [0.2, 0.25) is 10.0 Å². The molecule has 1 atom stereocenters. The van der Waals surface area contributed by atoms with Gasteiger partial charge in [-0.15, -0.1) is 0 Å². The molecule has 3 aromatic carbocycles. The zero-order chi connectivity index (χ0) is 30.6. The van der Waals surface area contributed by atoms with Crippen molar-refractivity contribution in [2.24, 2.45) is 0 Å². The Morgan fingerprint density at radius 1 is 0.977 bits per heavy atom. The lowest BCUT2D eigenvalue weighted by Gasteiger charge is -2.47. The van der Waals surface area contributed by atoms with Gasteiger partial charge in [-0.05, 0) is 66.6 Å². The molecule has 0 aromatic heterocycles. The Hall–Kier alpha value is -3.39. The molecule has 1 saturated heterocycles. The van der Waals surface area contributed by atoms with Gasteiger partial charge in [0, 0.05) is 45.7 Å². The molecule has 0 aliphatic carbocycles. The van der Waals surface area contributed by atoms with Gasteiger partial charge in [0.2, 0.25) is 11.8 Å². The maximum absolute atomic E-state index is 13.9. The Kier molecular flexibility index (Phi) is 9.45. The Bertz CT molecular complexity index is 1490. The molecule has 5 rings (SSSR count). The summed E-state index contributed by atoms with van der Waals surface area (Å²) in [4.78, 5) is 43.3. The molecule has 1 fully saturated rings. The number of benzene rings is 3. The molecule has 3 amide bonds. The Morgan fingerprint density at radius 3 is 2.37 bits per heavy atom. The first-order chi connectivity index (χ1) is 20.7. The van der Waals surface area contributed by atoms with Crippen LogP contribution in [0.25, 0.3) is 0 Å². The first-order valence-electron chi connectivity index (χ1n) is 14.8. The third-order valence-corrected chi connectivity index (χ3v) is 10.0. The Balaban J connectivity index is 1.44. The number of halogens is 2. The van der Waals surface area contributed by atoms with Crippen molar-refractivity contribution in [2.45, 2.75) is 49.6 Å². The monoisotopic (exact) mass is 620 g/mol. The summed E-state index contributed by atoms with van der Waals surface area (Å²) in [5.74, 6) is -0.166. The van der Waals surface area contributed by atoms with Crippen LogP contribution in [0.15, 0.2) is 72.8 Å². The van der Waals surface area contributed by atoms with Crippen LogP contribution in [0.3, 0.4) is 0 Å². The number of carbonyl (C=O) groups is 3. The van der Waals surface area contributed by atoms with Crippen molar-refractivity contribution in [1.29, 1.82) is 0 Å². The van der Waals surface area contributed by atoms with Crippen LogP contribution >= 0.6 is 23.2 Å². The number of fused-ring (bicyclic) bond motifs is 2. The first-order valence-corrected chi connectivity index (χ1v) is 15.5. The van der Waals surface area contributed by atoms with E-state index in [1.807, 2.05) is 42.5 Å². The van der Waals surface area contributed by atoms with E-state index in [0.717, 1.165) is 37.1 Å². The highest BCUT2D eigenvalue weighted by Crippen LogP contribution is 2.42. The van der Waals surface area contributed by atoms with Crippen molar-refractivity contribution in [3.05, 3.63) is 105 Å². The quantitative estimate of drug-likeness (QED) is 0.329. The SMILES string of the molecule is CNC(=O)CC[C@](CCN1CCC2(CC1)NC(=O)Cc1ccccc12)(c1ccc(Cl)c(Cl)c1)N(C)C(=O)c1ccccc1. The van der Waals surface area contributed by atoms with Gasteiger partial charge in [0.05, 0.1) is 27.5 Å². The van der Waals surface area contributed by atoms with E-state index < -0.39 is 5.54 Å². The van der Waals surface area contributed by atoms with E-state index in [4.69, 9.17) is 23.2 Å². The molecule has 2 aliphatic rings. The summed E-state index contributed by atoms with van der Waals surface area (Å²) in [5, 5.41) is 6.87. The smallest absolute Gasteiger partial charge is 0.254 e. The number of nitrogens with zero attached hydrogens (tertiary/aromatic N) is 2. The molecule has 1 spiro atoms. The maximum atomic E-state index is 13.9. The number of nitrogens with one attached hydrogen (secondary N) is 2. The van der Waals surface area contributed by atoms with Crippen molar-refractivity contribution in [2.75, 3.05) is 33.7 Å². The van der Waals surface area contributed by atoms with E-state index in [1.165, 1.54) is 5.56 Å². The van der Waals surface area contributed by atoms with Crippen molar-refractivity contribution >= 4 is 40.9 Å². The van der Waals surface area contributed by atoms with Crippen LogP contribution in [0.5, 0.6) is 0 Å². The van der Waals surface area contributed by atoms with E-state index in [-0.39, 0.29) is 29.7 Å². The molecule has 43 heavy (non-hydrogen) atoms. The molecular formula is C34H38Cl2N4O3. The summed E-state index contributed by atoms with van der Waals surface area (Å²) < 4.78 is 0. The van der Waals surface area contributed by atoms with E-state index in [2.05, 4.69) is 27.7 Å². The van der Waals surface area contributed by atoms with Crippen LogP contribution in [0.4, 0.5) is 0 Å². The highest BCUT2D eigenvalue weighted by Gasteiger charge is 2.44. The normalized spacial score (nSPS) is 17.4. The van der Waals surface area contributed by atoms with Gasteiger partial charge < -0.3 is 20.4 Å². The summed E-state index contributed by atoms with van der Waals surface area (Å²) in [5.41, 5.74) is 2.53. The Morgan fingerprint density at radius 2 is 1.67 bits per heavy atom. The topological polar surface area (TPSA) is 81.8 Å². The highest BCUT2D eigenvalue weighted by atomic mass is 35.5. The minimum absolute atomic E-state index is 0.0704. The van der Waals surface area contributed by atoms with Gasteiger partial charge in [-0.25, -0.2) is 0 Å². The minimum Gasteiger partial charge on any atom is -0.359 e. The molecule has 7 nitrogen and oxygen atoms in total. The van der Waals surface area contributed by atoms with Gasteiger partial charge in [-0.1, -0.05) is 71.7 Å². The minimum atomic E-state index is -0.839. The second kappa shape index (κ2) is 13.1. The third kappa shape index (κ3) is 6.44. The van der Waals surface area contributed by atoms with Gasteiger partial charge in [0.25, 0.3) is 5.91 Å². The number of hydrogen-bond donors (Lipinski definition) is 2. The van der Waals surface area contributed by atoms with E-state index in [0.29, 0.717) is 41.4 Å². The number of piperidine rings is 1. The zero-order valence-electron chi connectivity index (χ0n) is 24.7. The van der Waals surface area contributed by atoms with E-state index >= 15 is 0 Å². The molecule has 0 bridgehead atoms. The molecular weight excluding hydrogens is 583 g/mol. The summed E-state index contributed by atoms with van der Waals surface area (Å²) >= 11 is 12.9. The number of rotatable bonds is 9. The lowest BCUT2D eigenvalue weighted by Crippen LogP contribution is -2.56.